The summed E-state index contributed by atoms with van der Waals surface area (Å²) < 4.78 is 36.3. The fourth-order valence-electron chi connectivity index (χ4n) is 6.15. The Morgan fingerprint density at radius 2 is 1.41 bits per heavy atom. The van der Waals surface area contributed by atoms with Gasteiger partial charge < -0.3 is 14.4 Å². The Morgan fingerprint density at radius 3 is 1.98 bits per heavy atom. The Hall–Kier alpha value is -3.96. The van der Waals surface area contributed by atoms with Crippen LogP contribution in [0, 0.1) is 0 Å². The summed E-state index contributed by atoms with van der Waals surface area (Å²) in [6.45, 7) is 0.413. The topological polar surface area (TPSA) is 88.8 Å². The van der Waals surface area contributed by atoms with E-state index < -0.39 is 16.0 Å². The molecule has 0 aliphatic heterocycles. The third kappa shape index (κ3) is 8.92. The first-order valence-electron chi connectivity index (χ1n) is 16.0. The van der Waals surface area contributed by atoms with Gasteiger partial charge in [-0.05, 0) is 89.3 Å². The highest BCUT2D eigenvalue weighted by molar-refractivity contribution is 8.08. The second-order valence-corrected chi connectivity index (χ2v) is 16.4. The van der Waals surface area contributed by atoms with Gasteiger partial charge in [0.1, 0.15) is 5.75 Å². The monoisotopic (exact) mass is 778 g/mol. The third-order valence-electron chi connectivity index (χ3n) is 8.34. The van der Waals surface area contributed by atoms with E-state index in [0.29, 0.717) is 38.6 Å². The Labute approximate surface area is 316 Å². The number of sulfonamides is 1. The first kappa shape index (κ1) is 36.8. The van der Waals surface area contributed by atoms with Crippen molar-refractivity contribution in [2.75, 3.05) is 19.4 Å². The summed E-state index contributed by atoms with van der Waals surface area (Å²) in [5, 5.41) is 11.6. The van der Waals surface area contributed by atoms with Gasteiger partial charge in [0.2, 0.25) is 10.0 Å². The highest BCUT2D eigenvalue weighted by Gasteiger charge is 2.27. The molecule has 0 aliphatic carbocycles. The van der Waals surface area contributed by atoms with Crippen molar-refractivity contribution in [3.05, 3.63) is 164 Å². The molecule has 0 aliphatic rings. The minimum Gasteiger partial charge on any atom is -0.493 e. The molecule has 0 saturated heterocycles. The normalized spacial score (nSPS) is 11.8. The van der Waals surface area contributed by atoms with Gasteiger partial charge in [-0.1, -0.05) is 95.5 Å². The predicted molar refractivity (Wildman–Crippen MR) is 207 cm³/mol. The van der Waals surface area contributed by atoms with Crippen LogP contribution in [0.1, 0.15) is 38.8 Å². The molecule has 0 unspecified atom stereocenters. The number of carbonyl (C=O) groups is 1. The highest BCUT2D eigenvalue weighted by Crippen LogP contribution is 2.39. The maximum absolute atomic E-state index is 13.2. The molecule has 1 aromatic heterocycles. The lowest BCUT2D eigenvalue weighted by Gasteiger charge is -2.26. The van der Waals surface area contributed by atoms with E-state index in [1.165, 1.54) is 22.1 Å². The fraction of sp³-hybridized carbons (Fsp3) is 0.154. The van der Waals surface area contributed by atoms with Crippen molar-refractivity contribution in [3.63, 3.8) is 0 Å². The molecule has 0 saturated carbocycles. The molecule has 1 heterocycles. The standard InChI is InChI=1S/C39H33Cl3N2O5S2/c1-51(47,48)43(50-33-23-30(41)22-31(42)24-33)20-18-37-34(19-21-49-32-15-12-28(13-16-32)39(45)46)35-25-29(40)14-17-36(35)44(37)38(26-8-4-2-5-9-26)27-10-6-3-7-11-27/h2-17,22-25,38H,18-21H2,1H3,(H,45,46). The molecule has 6 rings (SSSR count). The number of fused-ring (bicyclic) bond motifs is 1. The number of benzene rings is 5. The number of rotatable bonds is 14. The first-order chi connectivity index (χ1) is 24.5. The van der Waals surface area contributed by atoms with Crippen LogP contribution < -0.4 is 4.74 Å². The summed E-state index contributed by atoms with van der Waals surface area (Å²) in [5.74, 6) is -0.475. The van der Waals surface area contributed by atoms with E-state index in [9.17, 15) is 18.3 Å². The van der Waals surface area contributed by atoms with E-state index in [2.05, 4.69) is 28.8 Å². The van der Waals surface area contributed by atoms with Crippen LogP contribution in [-0.2, 0) is 22.9 Å². The molecule has 0 spiro atoms. The molecule has 0 fully saturated rings. The molecule has 12 heteroatoms. The molecule has 5 aromatic carbocycles. The van der Waals surface area contributed by atoms with E-state index >= 15 is 0 Å². The molecule has 1 N–H and O–H groups in total. The van der Waals surface area contributed by atoms with Gasteiger partial charge in [-0.15, -0.1) is 3.71 Å². The Balaban J connectivity index is 1.47. The van der Waals surface area contributed by atoms with Crippen molar-refractivity contribution in [3.8, 4) is 5.75 Å². The van der Waals surface area contributed by atoms with E-state index in [1.807, 2.05) is 54.6 Å². The summed E-state index contributed by atoms with van der Waals surface area (Å²) in [4.78, 5) is 12.0. The van der Waals surface area contributed by atoms with E-state index in [4.69, 9.17) is 39.5 Å². The number of nitrogens with zero attached hydrogens (tertiary/aromatic N) is 2. The van der Waals surface area contributed by atoms with Gasteiger partial charge in [0.05, 0.1) is 24.5 Å². The molecule has 0 atom stereocenters. The summed E-state index contributed by atoms with van der Waals surface area (Å²) >= 11 is 20.2. The number of aromatic carboxylic acids is 1. The number of aromatic nitrogens is 1. The van der Waals surface area contributed by atoms with Crippen LogP contribution in [0.5, 0.6) is 5.75 Å². The lowest BCUT2D eigenvalue weighted by Crippen LogP contribution is -2.27. The lowest BCUT2D eigenvalue weighted by molar-refractivity contribution is 0.0697. The minimum atomic E-state index is -3.70. The first-order valence-corrected chi connectivity index (χ1v) is 19.7. The summed E-state index contributed by atoms with van der Waals surface area (Å²) in [7, 11) is -3.70. The van der Waals surface area contributed by atoms with Crippen LogP contribution in [0.15, 0.2) is 126 Å². The smallest absolute Gasteiger partial charge is 0.335 e. The second kappa shape index (κ2) is 16.2. The number of carboxylic acids is 1. The number of carboxylic acid groups (broad SMARTS) is 1. The highest BCUT2D eigenvalue weighted by atomic mass is 35.5. The maximum atomic E-state index is 13.2. The third-order valence-corrected chi connectivity index (χ3v) is 11.8. The average molecular weight is 780 g/mol. The van der Waals surface area contributed by atoms with Gasteiger partial charge in [-0.3, -0.25) is 0 Å². The van der Waals surface area contributed by atoms with Crippen LogP contribution in [0.25, 0.3) is 10.9 Å². The minimum absolute atomic E-state index is 0.137. The molecule has 0 bridgehead atoms. The second-order valence-electron chi connectivity index (χ2n) is 11.8. The molecule has 0 radical (unpaired) electrons. The Bertz CT molecular complexity index is 2210. The van der Waals surface area contributed by atoms with Crippen LogP contribution in [0.2, 0.25) is 15.1 Å². The van der Waals surface area contributed by atoms with Crippen molar-refractivity contribution in [2.45, 2.75) is 23.8 Å². The molecule has 262 valence electrons. The van der Waals surface area contributed by atoms with Crippen molar-refractivity contribution in [1.29, 1.82) is 0 Å². The molecular formula is C39H33Cl3N2O5S2. The molecular weight excluding hydrogens is 747 g/mol. The number of halogens is 3. The largest absolute Gasteiger partial charge is 0.493 e. The zero-order chi connectivity index (χ0) is 36.1. The molecule has 6 aromatic rings. The van der Waals surface area contributed by atoms with Crippen LogP contribution in [-0.4, -0.2) is 47.2 Å². The number of hydrogen-bond donors (Lipinski definition) is 1. The van der Waals surface area contributed by atoms with Crippen LogP contribution in [0.3, 0.4) is 0 Å². The van der Waals surface area contributed by atoms with Gasteiger partial charge in [0.15, 0.2) is 0 Å². The Morgan fingerprint density at radius 1 is 0.804 bits per heavy atom. The quantitative estimate of drug-likeness (QED) is 0.111. The van der Waals surface area contributed by atoms with Gasteiger partial charge in [-0.2, -0.15) is 0 Å². The zero-order valence-electron chi connectivity index (χ0n) is 27.4. The maximum Gasteiger partial charge on any atom is 0.335 e. The van der Waals surface area contributed by atoms with Gasteiger partial charge in [0.25, 0.3) is 0 Å². The van der Waals surface area contributed by atoms with Crippen molar-refractivity contribution in [1.82, 2.24) is 8.28 Å². The van der Waals surface area contributed by atoms with Gasteiger partial charge >= 0.3 is 5.97 Å². The van der Waals surface area contributed by atoms with Crippen molar-refractivity contribution < 1.29 is 23.1 Å². The van der Waals surface area contributed by atoms with Gasteiger partial charge in [0, 0.05) is 55.9 Å². The average Bonchev–Trinajstić information content (AvgIpc) is 3.38. The lowest BCUT2D eigenvalue weighted by atomic mass is 9.97. The van der Waals surface area contributed by atoms with Gasteiger partial charge in [-0.25, -0.2) is 13.2 Å². The zero-order valence-corrected chi connectivity index (χ0v) is 31.3. The van der Waals surface area contributed by atoms with Crippen LogP contribution in [0.4, 0.5) is 0 Å². The van der Waals surface area contributed by atoms with Crippen molar-refractivity contribution in [2.24, 2.45) is 0 Å². The fourth-order valence-corrected chi connectivity index (χ4v) is 8.98. The Kier molecular flexibility index (Phi) is 11.7. The summed E-state index contributed by atoms with van der Waals surface area (Å²) in [6.07, 6.45) is 1.99. The number of hydrogen-bond acceptors (Lipinski definition) is 5. The number of ether oxygens (including phenoxy) is 1. The SMILES string of the molecule is CS(=O)(=O)N(CCc1c(CCOc2ccc(C(=O)O)cc2)c2cc(Cl)ccc2n1C(c1ccccc1)c1ccccc1)Sc1cc(Cl)cc(Cl)c1. The molecule has 7 nitrogen and oxygen atoms in total. The van der Waals surface area contributed by atoms with Crippen LogP contribution >= 0.6 is 46.8 Å². The molecule has 0 amide bonds. The predicted octanol–water partition coefficient (Wildman–Crippen LogP) is 10.1. The summed E-state index contributed by atoms with van der Waals surface area (Å²) in [6, 6.07) is 37.2. The van der Waals surface area contributed by atoms with Crippen molar-refractivity contribution >= 4 is 73.6 Å². The van der Waals surface area contributed by atoms with E-state index in [-0.39, 0.29) is 24.8 Å². The summed E-state index contributed by atoms with van der Waals surface area (Å²) in [5.41, 5.74) is 5.11. The molecule has 51 heavy (non-hydrogen) atoms. The van der Waals surface area contributed by atoms with E-state index in [0.717, 1.165) is 45.2 Å². The van der Waals surface area contributed by atoms with E-state index in [1.54, 1.807) is 30.3 Å².